The lowest BCUT2D eigenvalue weighted by molar-refractivity contribution is -0.125. The molecule has 0 fully saturated rings. The van der Waals surface area contributed by atoms with Crippen LogP contribution < -0.4 is 11.1 Å². The highest BCUT2D eigenvalue weighted by Gasteiger charge is 2.21. The molecule has 0 saturated carbocycles. The highest BCUT2D eigenvalue weighted by Crippen LogP contribution is 2.18. The van der Waals surface area contributed by atoms with Crippen LogP contribution in [-0.4, -0.2) is 19.1 Å². The minimum atomic E-state index is -0.282. The van der Waals surface area contributed by atoms with E-state index in [1.54, 1.807) is 0 Å². The van der Waals surface area contributed by atoms with Gasteiger partial charge in [0, 0.05) is 19.2 Å². The number of amides is 1. The van der Waals surface area contributed by atoms with Gasteiger partial charge in [-0.25, -0.2) is 0 Å². The first kappa shape index (κ1) is 22.2. The van der Waals surface area contributed by atoms with Crippen molar-refractivity contribution in [2.24, 2.45) is 11.7 Å². The van der Waals surface area contributed by atoms with Crippen LogP contribution in [-0.2, 0) is 16.1 Å². The predicted molar refractivity (Wildman–Crippen MR) is 108 cm³/mol. The molecule has 0 bridgehead atoms. The van der Waals surface area contributed by atoms with Gasteiger partial charge in [0.1, 0.15) is 0 Å². The van der Waals surface area contributed by atoms with E-state index in [1.807, 2.05) is 55.5 Å². The average Bonchev–Trinajstić information content (AvgIpc) is 2.67. The Hall–Kier alpha value is -1.88. The molecule has 0 radical (unpaired) electrons. The third kappa shape index (κ3) is 7.56. The first-order valence-electron chi connectivity index (χ1n) is 8.88. The average molecular weight is 377 g/mol. The Morgan fingerprint density at radius 1 is 1.04 bits per heavy atom. The molecule has 0 saturated heterocycles. The zero-order valence-electron chi connectivity index (χ0n) is 15.3. The molecule has 142 valence electrons. The lowest BCUT2D eigenvalue weighted by Gasteiger charge is -2.19. The van der Waals surface area contributed by atoms with Crippen molar-refractivity contribution in [2.45, 2.75) is 32.4 Å². The van der Waals surface area contributed by atoms with E-state index < -0.39 is 0 Å². The zero-order chi connectivity index (χ0) is 17.9. The van der Waals surface area contributed by atoms with Crippen LogP contribution in [0.15, 0.2) is 60.7 Å². The monoisotopic (exact) mass is 376 g/mol. The summed E-state index contributed by atoms with van der Waals surface area (Å²) in [5.41, 5.74) is 8.35. The fourth-order valence-corrected chi connectivity index (χ4v) is 2.59. The summed E-state index contributed by atoms with van der Waals surface area (Å²) in [6.07, 6.45) is 1.82. The van der Waals surface area contributed by atoms with Crippen LogP contribution in [0.4, 0.5) is 0 Å². The van der Waals surface area contributed by atoms with E-state index in [-0.39, 0.29) is 30.3 Å². The lowest BCUT2D eigenvalue weighted by Crippen LogP contribution is -2.36. The van der Waals surface area contributed by atoms with Gasteiger partial charge in [-0.2, -0.15) is 0 Å². The van der Waals surface area contributed by atoms with Gasteiger partial charge >= 0.3 is 0 Å². The van der Waals surface area contributed by atoms with E-state index in [2.05, 4.69) is 17.4 Å². The predicted octanol–water partition coefficient (Wildman–Crippen LogP) is 3.86. The van der Waals surface area contributed by atoms with Gasteiger partial charge in [0.25, 0.3) is 0 Å². The SMILES string of the molecule is CC(C(=O)NCCCCOCc1ccccc1)C(N)c1ccccc1.Cl. The third-order valence-electron chi connectivity index (χ3n) is 4.26. The topological polar surface area (TPSA) is 64.3 Å². The minimum absolute atomic E-state index is 0. The summed E-state index contributed by atoms with van der Waals surface area (Å²) in [6, 6.07) is 19.6. The van der Waals surface area contributed by atoms with Gasteiger partial charge in [-0.1, -0.05) is 67.6 Å². The Kier molecular flexibility index (Phi) is 10.6. The molecular weight excluding hydrogens is 348 g/mol. The molecule has 2 aromatic carbocycles. The summed E-state index contributed by atoms with van der Waals surface area (Å²) in [5, 5.41) is 2.97. The highest BCUT2D eigenvalue weighted by atomic mass is 35.5. The van der Waals surface area contributed by atoms with Gasteiger partial charge in [-0.05, 0) is 24.0 Å². The molecule has 0 aliphatic heterocycles. The molecule has 4 nitrogen and oxygen atoms in total. The Bertz CT molecular complexity index is 622. The number of nitrogens with one attached hydrogen (secondary N) is 1. The number of ether oxygens (including phenoxy) is 1. The second kappa shape index (κ2) is 12.5. The van der Waals surface area contributed by atoms with Crippen LogP contribution in [0.5, 0.6) is 0 Å². The van der Waals surface area contributed by atoms with Crippen LogP contribution in [0.2, 0.25) is 0 Å². The summed E-state index contributed by atoms with van der Waals surface area (Å²) in [6.45, 7) is 3.86. The Labute approximate surface area is 162 Å². The van der Waals surface area contributed by atoms with Crippen molar-refractivity contribution in [2.75, 3.05) is 13.2 Å². The third-order valence-corrected chi connectivity index (χ3v) is 4.26. The number of hydrogen-bond donors (Lipinski definition) is 2. The number of unbranched alkanes of at least 4 members (excludes halogenated alkanes) is 1. The number of carbonyl (C=O) groups excluding carboxylic acids is 1. The van der Waals surface area contributed by atoms with E-state index in [9.17, 15) is 4.79 Å². The van der Waals surface area contributed by atoms with Crippen LogP contribution in [0.3, 0.4) is 0 Å². The molecule has 2 atom stereocenters. The number of hydrogen-bond acceptors (Lipinski definition) is 3. The standard InChI is InChI=1S/C21H28N2O2.ClH/c1-17(20(22)19-12-6-3-7-13-19)21(24)23-14-8-9-15-25-16-18-10-4-2-5-11-18;/h2-7,10-13,17,20H,8-9,14-16,22H2,1H3,(H,23,24);1H. The maximum Gasteiger partial charge on any atom is 0.224 e. The quantitative estimate of drug-likeness (QED) is 0.619. The molecule has 2 unspecified atom stereocenters. The molecule has 3 N–H and O–H groups in total. The van der Waals surface area contributed by atoms with Crippen molar-refractivity contribution in [1.82, 2.24) is 5.32 Å². The van der Waals surface area contributed by atoms with E-state index in [1.165, 1.54) is 5.56 Å². The molecule has 0 heterocycles. The van der Waals surface area contributed by atoms with Gasteiger partial charge in [-0.3, -0.25) is 4.79 Å². The van der Waals surface area contributed by atoms with E-state index >= 15 is 0 Å². The second-order valence-corrected chi connectivity index (χ2v) is 6.26. The lowest BCUT2D eigenvalue weighted by atomic mass is 9.94. The number of benzene rings is 2. The van der Waals surface area contributed by atoms with Gasteiger partial charge < -0.3 is 15.8 Å². The van der Waals surface area contributed by atoms with Crippen molar-refractivity contribution >= 4 is 18.3 Å². The molecule has 0 aliphatic rings. The molecule has 5 heteroatoms. The second-order valence-electron chi connectivity index (χ2n) is 6.26. The molecule has 0 aliphatic carbocycles. The van der Waals surface area contributed by atoms with Crippen molar-refractivity contribution in [1.29, 1.82) is 0 Å². The smallest absolute Gasteiger partial charge is 0.224 e. The van der Waals surface area contributed by atoms with Crippen LogP contribution in [0, 0.1) is 5.92 Å². The van der Waals surface area contributed by atoms with Crippen LogP contribution in [0.25, 0.3) is 0 Å². The van der Waals surface area contributed by atoms with Crippen molar-refractivity contribution in [3.05, 3.63) is 71.8 Å². The normalized spacial score (nSPS) is 12.7. The molecule has 0 spiro atoms. The number of nitrogens with two attached hydrogens (primary N) is 1. The van der Waals surface area contributed by atoms with Crippen LogP contribution in [0.1, 0.15) is 36.9 Å². The first-order chi connectivity index (χ1) is 12.2. The Balaban J connectivity index is 0.00000338. The summed E-state index contributed by atoms with van der Waals surface area (Å²) < 4.78 is 5.64. The van der Waals surface area contributed by atoms with E-state index in [0.29, 0.717) is 19.8 Å². The maximum atomic E-state index is 12.2. The first-order valence-corrected chi connectivity index (χ1v) is 8.88. The van der Waals surface area contributed by atoms with E-state index in [4.69, 9.17) is 10.5 Å². The summed E-state index contributed by atoms with van der Waals surface area (Å²) in [4.78, 5) is 12.2. The van der Waals surface area contributed by atoms with Gasteiger partial charge in [0.15, 0.2) is 0 Å². The van der Waals surface area contributed by atoms with Gasteiger partial charge in [-0.15, -0.1) is 12.4 Å². The fraction of sp³-hybridized carbons (Fsp3) is 0.381. The number of halogens is 1. The molecular formula is C21H29ClN2O2. The largest absolute Gasteiger partial charge is 0.377 e. The molecule has 1 amide bonds. The number of carbonyl (C=O) groups is 1. The maximum absolute atomic E-state index is 12.2. The number of rotatable bonds is 10. The van der Waals surface area contributed by atoms with E-state index in [0.717, 1.165) is 18.4 Å². The van der Waals surface area contributed by atoms with Crippen molar-refractivity contribution in [3.8, 4) is 0 Å². The summed E-state index contributed by atoms with van der Waals surface area (Å²) in [7, 11) is 0. The fourth-order valence-electron chi connectivity index (χ4n) is 2.59. The Morgan fingerprint density at radius 2 is 1.65 bits per heavy atom. The molecule has 2 aromatic rings. The highest BCUT2D eigenvalue weighted by molar-refractivity contribution is 5.85. The van der Waals surface area contributed by atoms with Crippen molar-refractivity contribution in [3.63, 3.8) is 0 Å². The van der Waals surface area contributed by atoms with Crippen molar-refractivity contribution < 1.29 is 9.53 Å². The molecule has 0 aromatic heterocycles. The molecule has 2 rings (SSSR count). The van der Waals surface area contributed by atoms with Gasteiger partial charge in [0.2, 0.25) is 5.91 Å². The summed E-state index contributed by atoms with van der Waals surface area (Å²) in [5.74, 6) is -0.252. The molecule has 26 heavy (non-hydrogen) atoms. The zero-order valence-corrected chi connectivity index (χ0v) is 16.1. The minimum Gasteiger partial charge on any atom is -0.377 e. The summed E-state index contributed by atoms with van der Waals surface area (Å²) >= 11 is 0. The Morgan fingerprint density at radius 3 is 2.31 bits per heavy atom. The van der Waals surface area contributed by atoms with Gasteiger partial charge in [0.05, 0.1) is 12.5 Å². The van der Waals surface area contributed by atoms with Crippen LogP contribution >= 0.6 is 12.4 Å².